The normalized spacial score (nSPS) is 19.7. The molecule has 0 aromatic rings. The molecule has 0 aromatic heterocycles. The number of carboxylic acids is 1. The van der Waals surface area contributed by atoms with Crippen LogP contribution in [0.2, 0.25) is 0 Å². The second-order valence-electron chi connectivity index (χ2n) is 5.47. The SMILES string of the molecule is CC(CC(C)(C)[C@@H](O)ON1C(=O)CCC1=O)C(=O)O. The number of aliphatic hydroxyl groups excluding tert-OH is 1. The minimum absolute atomic E-state index is 0.0670. The van der Waals surface area contributed by atoms with E-state index in [0.29, 0.717) is 5.06 Å². The summed E-state index contributed by atoms with van der Waals surface area (Å²) in [5.74, 6) is -2.64. The Morgan fingerprint density at radius 1 is 1.37 bits per heavy atom. The van der Waals surface area contributed by atoms with Gasteiger partial charge in [-0.25, -0.2) is 4.84 Å². The highest BCUT2D eigenvalue weighted by molar-refractivity contribution is 6.00. The fraction of sp³-hybridized carbons (Fsp3) is 0.750. The van der Waals surface area contributed by atoms with E-state index in [4.69, 9.17) is 9.94 Å². The molecule has 2 amide bonds. The molecule has 0 bridgehead atoms. The van der Waals surface area contributed by atoms with E-state index in [2.05, 4.69) is 0 Å². The lowest BCUT2D eigenvalue weighted by Gasteiger charge is -2.32. The van der Waals surface area contributed by atoms with Crippen LogP contribution in [0, 0.1) is 11.3 Å². The number of nitrogens with zero attached hydrogens (tertiary/aromatic N) is 1. The first-order chi connectivity index (χ1) is 8.65. The monoisotopic (exact) mass is 273 g/mol. The lowest BCUT2D eigenvalue weighted by molar-refractivity contribution is -0.275. The molecule has 1 aliphatic heterocycles. The number of carboxylic acid groups (broad SMARTS) is 1. The molecule has 0 saturated carbocycles. The topological polar surface area (TPSA) is 104 Å². The maximum atomic E-state index is 11.4. The van der Waals surface area contributed by atoms with E-state index in [1.54, 1.807) is 13.8 Å². The Bertz CT molecular complexity index is 376. The number of hydrogen-bond acceptors (Lipinski definition) is 5. The van der Waals surface area contributed by atoms with E-state index in [9.17, 15) is 19.5 Å². The molecule has 1 saturated heterocycles. The van der Waals surface area contributed by atoms with Crippen LogP contribution in [0.5, 0.6) is 0 Å². The van der Waals surface area contributed by atoms with Gasteiger partial charge >= 0.3 is 5.97 Å². The Morgan fingerprint density at radius 2 is 1.84 bits per heavy atom. The fourth-order valence-electron chi connectivity index (χ4n) is 1.89. The second-order valence-corrected chi connectivity index (χ2v) is 5.47. The van der Waals surface area contributed by atoms with Gasteiger partial charge in [-0.3, -0.25) is 14.4 Å². The summed E-state index contributed by atoms with van der Waals surface area (Å²) >= 11 is 0. The Labute approximate surface area is 111 Å². The molecule has 1 heterocycles. The predicted octanol–water partition coefficient (Wildman–Crippen LogP) is 0.522. The van der Waals surface area contributed by atoms with E-state index in [1.165, 1.54) is 6.92 Å². The van der Waals surface area contributed by atoms with E-state index in [0.717, 1.165) is 0 Å². The second kappa shape index (κ2) is 5.66. The quantitative estimate of drug-likeness (QED) is 0.540. The summed E-state index contributed by atoms with van der Waals surface area (Å²) < 4.78 is 0. The number of aliphatic hydroxyl groups is 1. The smallest absolute Gasteiger partial charge is 0.306 e. The number of aliphatic carboxylic acids is 1. The molecular weight excluding hydrogens is 254 g/mol. The summed E-state index contributed by atoms with van der Waals surface area (Å²) in [5.41, 5.74) is -0.902. The molecule has 108 valence electrons. The molecule has 1 rings (SSSR count). The van der Waals surface area contributed by atoms with Crippen LogP contribution in [0.1, 0.15) is 40.0 Å². The van der Waals surface area contributed by atoms with E-state index < -0.39 is 35.4 Å². The van der Waals surface area contributed by atoms with Crippen molar-refractivity contribution in [2.24, 2.45) is 11.3 Å². The number of hydroxylamine groups is 2. The van der Waals surface area contributed by atoms with Crippen LogP contribution < -0.4 is 0 Å². The summed E-state index contributed by atoms with van der Waals surface area (Å²) in [6.45, 7) is 4.74. The lowest BCUT2D eigenvalue weighted by atomic mass is 9.83. The molecule has 0 aromatic carbocycles. The van der Waals surface area contributed by atoms with Crippen LogP contribution in [-0.4, -0.2) is 39.3 Å². The van der Waals surface area contributed by atoms with Gasteiger partial charge in [-0.1, -0.05) is 20.8 Å². The lowest BCUT2D eigenvalue weighted by Crippen LogP contribution is -2.42. The minimum atomic E-state index is -1.43. The Morgan fingerprint density at radius 3 is 2.26 bits per heavy atom. The minimum Gasteiger partial charge on any atom is -0.481 e. The van der Waals surface area contributed by atoms with E-state index in [-0.39, 0.29) is 19.3 Å². The zero-order valence-electron chi connectivity index (χ0n) is 11.3. The van der Waals surface area contributed by atoms with Crippen molar-refractivity contribution in [1.29, 1.82) is 0 Å². The summed E-state index contributed by atoms with van der Waals surface area (Å²) in [6.07, 6.45) is -1.14. The number of hydrogen-bond donors (Lipinski definition) is 2. The van der Waals surface area contributed by atoms with Crippen molar-refractivity contribution in [3.8, 4) is 0 Å². The van der Waals surface area contributed by atoms with E-state index in [1.807, 2.05) is 0 Å². The highest BCUT2D eigenvalue weighted by atomic mass is 16.8. The van der Waals surface area contributed by atoms with Crippen molar-refractivity contribution in [2.75, 3.05) is 0 Å². The molecule has 1 unspecified atom stereocenters. The molecule has 0 aliphatic carbocycles. The largest absolute Gasteiger partial charge is 0.481 e. The molecule has 2 N–H and O–H groups in total. The zero-order chi connectivity index (χ0) is 14.8. The first kappa shape index (κ1) is 15.6. The third-order valence-electron chi connectivity index (χ3n) is 3.13. The van der Waals surface area contributed by atoms with Gasteiger partial charge in [-0.15, -0.1) is 0 Å². The third-order valence-corrected chi connectivity index (χ3v) is 3.13. The van der Waals surface area contributed by atoms with Crippen LogP contribution in [0.4, 0.5) is 0 Å². The fourth-order valence-corrected chi connectivity index (χ4v) is 1.89. The number of imide groups is 1. The molecule has 7 nitrogen and oxygen atoms in total. The predicted molar refractivity (Wildman–Crippen MR) is 63.4 cm³/mol. The van der Waals surface area contributed by atoms with E-state index >= 15 is 0 Å². The standard InChI is InChI=1S/C12H19NO6/c1-7(10(16)17)6-12(2,3)11(18)19-13-8(14)4-5-9(13)15/h7,11,18H,4-6H2,1-3H3,(H,16,17)/t7?,11-/m0/s1. The van der Waals surface area contributed by atoms with Crippen molar-refractivity contribution in [2.45, 2.75) is 46.3 Å². The molecule has 19 heavy (non-hydrogen) atoms. The van der Waals surface area contributed by atoms with Gasteiger partial charge < -0.3 is 10.2 Å². The van der Waals surface area contributed by atoms with Crippen LogP contribution in [0.15, 0.2) is 0 Å². The van der Waals surface area contributed by atoms with Crippen LogP contribution in [0.3, 0.4) is 0 Å². The molecule has 1 fully saturated rings. The highest BCUT2D eigenvalue weighted by Gasteiger charge is 2.38. The van der Waals surface area contributed by atoms with Crippen LogP contribution in [-0.2, 0) is 19.2 Å². The van der Waals surface area contributed by atoms with Gasteiger partial charge in [-0.2, -0.15) is 5.06 Å². The van der Waals surface area contributed by atoms with Crippen LogP contribution in [0.25, 0.3) is 0 Å². The highest BCUT2D eigenvalue weighted by Crippen LogP contribution is 2.31. The van der Waals surface area contributed by atoms with Gasteiger partial charge in [0.1, 0.15) is 0 Å². The van der Waals surface area contributed by atoms with Crippen molar-refractivity contribution in [1.82, 2.24) is 5.06 Å². The van der Waals surface area contributed by atoms with Crippen molar-refractivity contribution < 1.29 is 29.4 Å². The summed E-state index contributed by atoms with van der Waals surface area (Å²) in [7, 11) is 0. The Hall–Kier alpha value is -1.47. The molecule has 7 heteroatoms. The van der Waals surface area contributed by atoms with Gasteiger partial charge in [0.2, 0.25) is 0 Å². The molecule has 0 spiro atoms. The number of carbonyl (C=O) groups excluding carboxylic acids is 2. The molecule has 0 radical (unpaired) electrons. The third kappa shape index (κ3) is 3.74. The maximum Gasteiger partial charge on any atom is 0.306 e. The molecular formula is C12H19NO6. The first-order valence-electron chi connectivity index (χ1n) is 6.08. The summed E-state index contributed by atoms with van der Waals surface area (Å²) in [6, 6.07) is 0. The first-order valence-corrected chi connectivity index (χ1v) is 6.08. The number of amides is 2. The van der Waals surface area contributed by atoms with Gasteiger partial charge in [0.25, 0.3) is 11.8 Å². The van der Waals surface area contributed by atoms with Gasteiger partial charge in [0, 0.05) is 18.3 Å². The number of carbonyl (C=O) groups is 3. The average Bonchev–Trinajstić information content (AvgIpc) is 2.59. The summed E-state index contributed by atoms with van der Waals surface area (Å²) in [5, 5.41) is 19.4. The van der Waals surface area contributed by atoms with Gasteiger partial charge in [0.15, 0.2) is 6.29 Å². The van der Waals surface area contributed by atoms with Crippen LogP contribution >= 0.6 is 0 Å². The van der Waals surface area contributed by atoms with Crippen molar-refractivity contribution in [3.05, 3.63) is 0 Å². The van der Waals surface area contributed by atoms with Crippen molar-refractivity contribution >= 4 is 17.8 Å². The van der Waals surface area contributed by atoms with Gasteiger partial charge in [-0.05, 0) is 6.42 Å². The Balaban J connectivity index is 2.65. The zero-order valence-corrected chi connectivity index (χ0v) is 11.3. The average molecular weight is 273 g/mol. The number of rotatable bonds is 6. The molecule has 1 aliphatic rings. The molecule has 2 atom stereocenters. The van der Waals surface area contributed by atoms with Crippen molar-refractivity contribution in [3.63, 3.8) is 0 Å². The maximum absolute atomic E-state index is 11.4. The summed E-state index contributed by atoms with van der Waals surface area (Å²) in [4.78, 5) is 38.5. The van der Waals surface area contributed by atoms with Gasteiger partial charge in [0.05, 0.1) is 5.92 Å². The Kier molecular flexibility index (Phi) is 4.65.